The summed E-state index contributed by atoms with van der Waals surface area (Å²) in [5, 5.41) is 8.45. The molecule has 108 valence electrons. The fourth-order valence-electron chi connectivity index (χ4n) is 5.00. The van der Waals surface area contributed by atoms with E-state index in [9.17, 15) is 0 Å². The van der Waals surface area contributed by atoms with Crippen molar-refractivity contribution in [3.63, 3.8) is 0 Å². The van der Waals surface area contributed by atoms with Crippen LogP contribution in [0.3, 0.4) is 0 Å². The van der Waals surface area contributed by atoms with Crippen LogP contribution in [0.25, 0.3) is 5.69 Å². The van der Waals surface area contributed by atoms with Gasteiger partial charge in [0.15, 0.2) is 0 Å². The third kappa shape index (κ3) is 1.87. The Hall–Kier alpha value is -1.61. The van der Waals surface area contributed by atoms with Crippen LogP contribution < -0.4 is 5.32 Å². The number of para-hydroxylation sites is 1. The number of fused-ring (bicyclic) bond motifs is 5. The van der Waals surface area contributed by atoms with Crippen LogP contribution in [-0.2, 0) is 6.54 Å². The van der Waals surface area contributed by atoms with Gasteiger partial charge >= 0.3 is 0 Å². The highest BCUT2D eigenvalue weighted by molar-refractivity contribution is 5.30. The molecule has 2 bridgehead atoms. The minimum Gasteiger partial charge on any atom is -0.308 e. The molecule has 1 heterocycles. The van der Waals surface area contributed by atoms with Gasteiger partial charge < -0.3 is 5.32 Å². The van der Waals surface area contributed by atoms with Crippen molar-refractivity contribution < 1.29 is 0 Å². The topological polar surface area (TPSA) is 29.9 Å². The first-order valence-corrected chi connectivity index (χ1v) is 8.23. The molecule has 5 rings (SSSR count). The number of hydrogen-bond acceptors (Lipinski definition) is 2. The van der Waals surface area contributed by atoms with Crippen molar-refractivity contribution in [2.24, 2.45) is 23.7 Å². The highest BCUT2D eigenvalue weighted by Crippen LogP contribution is 2.65. The molecule has 1 N–H and O–H groups in total. The Morgan fingerprint density at radius 3 is 2.57 bits per heavy atom. The Kier molecular flexibility index (Phi) is 2.53. The van der Waals surface area contributed by atoms with Crippen molar-refractivity contribution in [2.75, 3.05) is 0 Å². The summed E-state index contributed by atoms with van der Waals surface area (Å²) in [7, 11) is 0. The summed E-state index contributed by atoms with van der Waals surface area (Å²) >= 11 is 0. The van der Waals surface area contributed by atoms with Gasteiger partial charge in [-0.3, -0.25) is 0 Å². The number of rotatable bonds is 4. The van der Waals surface area contributed by atoms with E-state index in [-0.39, 0.29) is 0 Å². The second-order valence-corrected chi connectivity index (χ2v) is 6.98. The molecule has 3 saturated carbocycles. The largest absolute Gasteiger partial charge is 0.308 e. The molecule has 3 heteroatoms. The molecule has 0 amide bonds. The predicted octanol–water partition coefficient (Wildman–Crippen LogP) is 3.01. The molecule has 0 saturated heterocycles. The van der Waals surface area contributed by atoms with Gasteiger partial charge in [-0.25, -0.2) is 4.68 Å². The van der Waals surface area contributed by atoms with Crippen LogP contribution >= 0.6 is 0 Å². The number of nitrogens with one attached hydrogen (secondary N) is 1. The van der Waals surface area contributed by atoms with Crippen LogP contribution in [0, 0.1) is 23.7 Å². The Balaban J connectivity index is 1.24. The first-order valence-electron chi connectivity index (χ1n) is 8.23. The summed E-state index contributed by atoms with van der Waals surface area (Å²) in [6.45, 7) is 0.914. The fourth-order valence-corrected chi connectivity index (χ4v) is 5.00. The molecular formula is C18H21N3. The first-order chi connectivity index (χ1) is 10.4. The third-order valence-corrected chi connectivity index (χ3v) is 5.92. The van der Waals surface area contributed by atoms with Gasteiger partial charge in [-0.05, 0) is 61.1 Å². The molecule has 1 aromatic heterocycles. The standard InChI is InChI=1S/C18H21N3/c1-2-4-15(5-3-1)21-9-8-14(20-21)11-19-18-16-12-6-7-13(10-12)17(16)18/h1-5,8-9,12-13,16-19H,6-7,10-11H2. The maximum absolute atomic E-state index is 4.68. The van der Waals surface area contributed by atoms with E-state index in [1.54, 1.807) is 0 Å². The average molecular weight is 279 g/mol. The van der Waals surface area contributed by atoms with Crippen molar-refractivity contribution in [3.8, 4) is 5.69 Å². The predicted molar refractivity (Wildman–Crippen MR) is 82.0 cm³/mol. The quantitative estimate of drug-likeness (QED) is 0.932. The van der Waals surface area contributed by atoms with E-state index < -0.39 is 0 Å². The van der Waals surface area contributed by atoms with E-state index in [1.807, 2.05) is 10.7 Å². The molecular weight excluding hydrogens is 258 g/mol. The smallest absolute Gasteiger partial charge is 0.0766 e. The minimum absolute atomic E-state index is 0.790. The van der Waals surface area contributed by atoms with Gasteiger partial charge in [0.25, 0.3) is 0 Å². The van der Waals surface area contributed by atoms with Gasteiger partial charge in [-0.2, -0.15) is 5.10 Å². The lowest BCUT2D eigenvalue weighted by Gasteiger charge is -2.09. The van der Waals surface area contributed by atoms with E-state index >= 15 is 0 Å². The van der Waals surface area contributed by atoms with E-state index in [4.69, 9.17) is 0 Å². The Labute approximate surface area is 125 Å². The molecule has 21 heavy (non-hydrogen) atoms. The molecule has 3 fully saturated rings. The Morgan fingerprint density at radius 1 is 1.05 bits per heavy atom. The lowest BCUT2D eigenvalue weighted by molar-refractivity contribution is 0.456. The van der Waals surface area contributed by atoms with Gasteiger partial charge in [0.1, 0.15) is 0 Å². The average Bonchev–Trinajstić information content (AvgIpc) is 2.95. The summed E-state index contributed by atoms with van der Waals surface area (Å²) in [6.07, 6.45) is 6.57. The minimum atomic E-state index is 0.790. The summed E-state index contributed by atoms with van der Waals surface area (Å²) < 4.78 is 1.97. The lowest BCUT2D eigenvalue weighted by Crippen LogP contribution is -2.22. The molecule has 4 atom stereocenters. The zero-order chi connectivity index (χ0) is 13.8. The van der Waals surface area contributed by atoms with E-state index in [0.717, 1.165) is 47.6 Å². The molecule has 3 aliphatic carbocycles. The zero-order valence-electron chi connectivity index (χ0n) is 12.2. The summed E-state index contributed by atoms with van der Waals surface area (Å²) in [5.74, 6) is 4.08. The SMILES string of the molecule is c1ccc(-n2ccc(CNC3C4C5CCC(C5)C34)n2)cc1. The van der Waals surface area contributed by atoms with Crippen LogP contribution in [0.2, 0.25) is 0 Å². The number of aromatic nitrogens is 2. The maximum atomic E-state index is 4.68. The molecule has 0 spiro atoms. The van der Waals surface area contributed by atoms with Crippen LogP contribution in [0.4, 0.5) is 0 Å². The second kappa shape index (κ2) is 4.44. The van der Waals surface area contributed by atoms with E-state index in [0.29, 0.717) is 0 Å². The summed E-state index contributed by atoms with van der Waals surface area (Å²) in [5.41, 5.74) is 2.28. The molecule has 3 aliphatic rings. The van der Waals surface area contributed by atoms with Crippen molar-refractivity contribution in [1.29, 1.82) is 0 Å². The van der Waals surface area contributed by atoms with Crippen molar-refractivity contribution in [1.82, 2.24) is 15.1 Å². The molecule has 0 radical (unpaired) electrons. The van der Waals surface area contributed by atoms with Crippen LogP contribution in [0.1, 0.15) is 25.0 Å². The van der Waals surface area contributed by atoms with Gasteiger partial charge in [0.2, 0.25) is 0 Å². The second-order valence-electron chi connectivity index (χ2n) is 6.98. The zero-order valence-corrected chi connectivity index (χ0v) is 12.2. The normalized spacial score (nSPS) is 35.9. The van der Waals surface area contributed by atoms with Crippen LogP contribution in [0.15, 0.2) is 42.6 Å². The van der Waals surface area contributed by atoms with Crippen molar-refractivity contribution in [2.45, 2.75) is 31.8 Å². The molecule has 3 nitrogen and oxygen atoms in total. The Morgan fingerprint density at radius 2 is 1.81 bits per heavy atom. The lowest BCUT2D eigenvalue weighted by atomic mass is 10.0. The third-order valence-electron chi connectivity index (χ3n) is 5.92. The molecule has 2 aromatic rings. The monoisotopic (exact) mass is 279 g/mol. The Bertz CT molecular complexity index is 631. The van der Waals surface area contributed by atoms with E-state index in [1.165, 1.54) is 19.3 Å². The number of hydrogen-bond donors (Lipinski definition) is 1. The highest BCUT2D eigenvalue weighted by atomic mass is 15.3. The highest BCUT2D eigenvalue weighted by Gasteiger charge is 2.64. The van der Waals surface area contributed by atoms with Crippen molar-refractivity contribution >= 4 is 0 Å². The number of nitrogens with zero attached hydrogens (tertiary/aromatic N) is 2. The summed E-state index contributed by atoms with van der Waals surface area (Å²) in [4.78, 5) is 0. The molecule has 0 aliphatic heterocycles. The molecule has 4 unspecified atom stereocenters. The molecule has 1 aromatic carbocycles. The summed E-state index contributed by atoms with van der Waals surface area (Å²) in [6, 6.07) is 13.2. The number of benzene rings is 1. The van der Waals surface area contributed by atoms with Gasteiger partial charge in [-0.1, -0.05) is 18.2 Å². The van der Waals surface area contributed by atoms with Crippen LogP contribution in [0.5, 0.6) is 0 Å². The first kappa shape index (κ1) is 12.0. The van der Waals surface area contributed by atoms with E-state index in [2.05, 4.69) is 46.9 Å². The van der Waals surface area contributed by atoms with Gasteiger partial charge in [0, 0.05) is 18.8 Å². The van der Waals surface area contributed by atoms with Gasteiger partial charge in [0.05, 0.1) is 11.4 Å². The van der Waals surface area contributed by atoms with Gasteiger partial charge in [-0.15, -0.1) is 0 Å². The van der Waals surface area contributed by atoms with Crippen molar-refractivity contribution in [3.05, 3.63) is 48.3 Å². The fraction of sp³-hybridized carbons (Fsp3) is 0.500. The maximum Gasteiger partial charge on any atom is 0.0766 e. The van der Waals surface area contributed by atoms with Crippen LogP contribution in [-0.4, -0.2) is 15.8 Å².